The lowest BCUT2D eigenvalue weighted by molar-refractivity contribution is -0.117. The monoisotopic (exact) mass is 451 g/mol. The minimum atomic E-state index is -3.77. The predicted octanol–water partition coefficient (Wildman–Crippen LogP) is 4.33. The van der Waals surface area contributed by atoms with Crippen LogP contribution in [0, 0.1) is 6.92 Å². The molecule has 0 bridgehead atoms. The van der Waals surface area contributed by atoms with Crippen molar-refractivity contribution in [1.29, 1.82) is 0 Å². The zero-order chi connectivity index (χ0) is 23.1. The molecule has 0 aromatic heterocycles. The van der Waals surface area contributed by atoms with Gasteiger partial charge in [-0.1, -0.05) is 48.0 Å². The van der Waals surface area contributed by atoms with Crippen molar-refractivity contribution in [3.8, 4) is 0 Å². The summed E-state index contributed by atoms with van der Waals surface area (Å²) in [7, 11) is -3.77. The summed E-state index contributed by atoms with van der Waals surface area (Å²) in [5, 5.41) is 0. The zero-order valence-corrected chi connectivity index (χ0v) is 18.8. The van der Waals surface area contributed by atoms with E-state index in [0.717, 1.165) is 11.1 Å². The zero-order valence-electron chi connectivity index (χ0n) is 18.0. The maximum Gasteiger partial charge on any atom is 0.338 e. The Kier molecular flexibility index (Phi) is 7.43. The van der Waals surface area contributed by atoms with Crippen molar-refractivity contribution in [2.75, 3.05) is 11.3 Å². The molecule has 0 aliphatic carbocycles. The first kappa shape index (κ1) is 23.2. The van der Waals surface area contributed by atoms with Crippen LogP contribution in [0.25, 0.3) is 0 Å². The van der Waals surface area contributed by atoms with Crippen LogP contribution in [0.4, 0.5) is 5.69 Å². The normalized spacial score (nSPS) is 11.1. The van der Waals surface area contributed by atoms with Crippen molar-refractivity contribution >= 4 is 27.5 Å². The second-order valence-corrected chi connectivity index (χ2v) is 9.07. The van der Waals surface area contributed by atoms with Crippen LogP contribution in [-0.2, 0) is 32.4 Å². The number of para-hydroxylation sites is 1. The fourth-order valence-corrected chi connectivity index (χ4v) is 4.27. The molecule has 0 unspecified atom stereocenters. The highest BCUT2D eigenvalue weighted by Gasteiger charge is 2.17. The van der Waals surface area contributed by atoms with E-state index in [2.05, 4.69) is 4.72 Å². The average Bonchev–Trinajstić information content (AvgIpc) is 2.76. The number of carbonyl (C=O) groups excluding carboxylic acids is 2. The lowest BCUT2D eigenvalue weighted by Gasteiger charge is -2.13. The number of aryl methyl sites for hydroxylation is 1. The van der Waals surface area contributed by atoms with Gasteiger partial charge in [0.15, 0.2) is 0 Å². The van der Waals surface area contributed by atoms with Gasteiger partial charge in [-0.2, -0.15) is 0 Å². The van der Waals surface area contributed by atoms with Crippen molar-refractivity contribution in [3.05, 3.63) is 95.1 Å². The first-order chi connectivity index (χ1) is 15.3. The third-order valence-electron chi connectivity index (χ3n) is 4.85. The highest BCUT2D eigenvalue weighted by Crippen LogP contribution is 2.21. The number of anilines is 1. The molecule has 0 fully saturated rings. The molecule has 0 saturated heterocycles. The van der Waals surface area contributed by atoms with E-state index in [-0.39, 0.29) is 23.5 Å². The molecule has 0 aliphatic rings. The van der Waals surface area contributed by atoms with E-state index < -0.39 is 16.0 Å². The molecule has 0 saturated carbocycles. The number of sulfonamides is 1. The number of ether oxygens (including phenoxy) is 1. The number of ketones is 1. The van der Waals surface area contributed by atoms with Crippen molar-refractivity contribution in [3.63, 3.8) is 0 Å². The maximum atomic E-state index is 12.7. The Morgan fingerprint density at radius 1 is 0.875 bits per heavy atom. The summed E-state index contributed by atoms with van der Waals surface area (Å²) in [5.74, 6) is -0.476. The lowest BCUT2D eigenvalue weighted by atomic mass is 10.0. The van der Waals surface area contributed by atoms with E-state index in [4.69, 9.17) is 4.74 Å². The van der Waals surface area contributed by atoms with Gasteiger partial charge in [0, 0.05) is 12.8 Å². The second-order valence-electron chi connectivity index (χ2n) is 7.39. The molecule has 0 amide bonds. The molecule has 166 valence electrons. The van der Waals surface area contributed by atoms with E-state index in [1.807, 2.05) is 6.92 Å². The number of rotatable bonds is 9. The summed E-state index contributed by atoms with van der Waals surface area (Å²) < 4.78 is 33.0. The fourth-order valence-electron chi connectivity index (χ4n) is 3.17. The largest absolute Gasteiger partial charge is 0.462 e. The number of hydrogen-bond acceptors (Lipinski definition) is 5. The van der Waals surface area contributed by atoms with Crippen LogP contribution in [0.5, 0.6) is 0 Å². The van der Waals surface area contributed by atoms with Crippen LogP contribution < -0.4 is 4.72 Å². The van der Waals surface area contributed by atoms with Crippen LogP contribution in [0.15, 0.2) is 77.7 Å². The molecule has 0 aliphatic heterocycles. The predicted molar refractivity (Wildman–Crippen MR) is 123 cm³/mol. The summed E-state index contributed by atoms with van der Waals surface area (Å²) in [6.45, 7) is 3.92. The van der Waals surface area contributed by atoms with E-state index >= 15 is 0 Å². The summed E-state index contributed by atoms with van der Waals surface area (Å²) >= 11 is 0. The van der Waals surface area contributed by atoms with Crippen molar-refractivity contribution in [2.45, 2.75) is 31.6 Å². The summed E-state index contributed by atoms with van der Waals surface area (Å²) in [6, 6.07) is 20.1. The van der Waals surface area contributed by atoms with Gasteiger partial charge in [-0.15, -0.1) is 0 Å². The highest BCUT2D eigenvalue weighted by molar-refractivity contribution is 7.92. The first-order valence-electron chi connectivity index (χ1n) is 10.2. The first-order valence-corrected chi connectivity index (χ1v) is 11.7. The molecular formula is C25H25NO5S. The number of nitrogens with one attached hydrogen (secondary N) is 1. The molecule has 32 heavy (non-hydrogen) atoms. The van der Waals surface area contributed by atoms with E-state index in [1.54, 1.807) is 79.7 Å². The molecule has 6 nitrogen and oxygen atoms in total. The van der Waals surface area contributed by atoms with Gasteiger partial charge < -0.3 is 4.74 Å². The molecule has 0 heterocycles. The van der Waals surface area contributed by atoms with Crippen LogP contribution in [0.3, 0.4) is 0 Å². The van der Waals surface area contributed by atoms with E-state index in [9.17, 15) is 18.0 Å². The third-order valence-corrected chi connectivity index (χ3v) is 6.23. The van der Waals surface area contributed by atoms with E-state index in [1.165, 1.54) is 0 Å². The molecule has 3 rings (SSSR count). The summed E-state index contributed by atoms with van der Waals surface area (Å²) in [5.41, 5.74) is 3.13. The van der Waals surface area contributed by atoms with Crippen molar-refractivity contribution in [1.82, 2.24) is 0 Å². The smallest absolute Gasteiger partial charge is 0.338 e. The Hall–Kier alpha value is -3.45. The van der Waals surface area contributed by atoms with Gasteiger partial charge in [-0.3, -0.25) is 9.52 Å². The Bertz CT molecular complexity index is 1200. The standard InChI is InChI=1S/C25H25NO5S/c1-3-31-25(28)20-12-10-19(11-13-20)16-22(27)17-21-6-4-5-7-24(21)26-32(29,30)23-14-8-18(2)9-15-23/h4-15,26H,3,16-17H2,1-2H3. The Morgan fingerprint density at radius 2 is 1.53 bits per heavy atom. The molecule has 3 aromatic carbocycles. The lowest BCUT2D eigenvalue weighted by Crippen LogP contribution is -2.15. The van der Waals surface area contributed by atoms with Crippen LogP contribution in [0.1, 0.15) is 34.0 Å². The number of Topliss-reactive ketones (excluding diaryl/α,β-unsaturated/α-hetero) is 1. The van der Waals surface area contributed by atoms with Gasteiger partial charge >= 0.3 is 5.97 Å². The molecule has 0 radical (unpaired) electrons. The van der Waals surface area contributed by atoms with Gasteiger partial charge in [0.2, 0.25) is 0 Å². The van der Waals surface area contributed by atoms with Gasteiger partial charge in [0.05, 0.1) is 22.8 Å². The topological polar surface area (TPSA) is 89.5 Å². The number of carbonyl (C=O) groups is 2. The Balaban J connectivity index is 1.70. The summed E-state index contributed by atoms with van der Waals surface area (Å²) in [4.78, 5) is 24.6. The van der Waals surface area contributed by atoms with Gasteiger partial charge in [0.25, 0.3) is 10.0 Å². The van der Waals surface area contributed by atoms with Gasteiger partial charge in [0.1, 0.15) is 5.78 Å². The Labute approximate surface area is 188 Å². The Morgan fingerprint density at radius 3 is 2.19 bits per heavy atom. The molecule has 1 N–H and O–H groups in total. The molecular weight excluding hydrogens is 426 g/mol. The van der Waals surface area contributed by atoms with Gasteiger partial charge in [-0.05, 0) is 55.3 Å². The molecule has 0 atom stereocenters. The molecule has 7 heteroatoms. The van der Waals surface area contributed by atoms with E-state index in [0.29, 0.717) is 23.4 Å². The van der Waals surface area contributed by atoms with Crippen LogP contribution in [-0.4, -0.2) is 26.8 Å². The van der Waals surface area contributed by atoms with Gasteiger partial charge in [-0.25, -0.2) is 13.2 Å². The molecule has 3 aromatic rings. The SMILES string of the molecule is CCOC(=O)c1ccc(CC(=O)Cc2ccccc2NS(=O)(=O)c2ccc(C)cc2)cc1. The third kappa shape index (κ3) is 6.04. The summed E-state index contributed by atoms with van der Waals surface area (Å²) in [6.07, 6.45) is 0.244. The minimum Gasteiger partial charge on any atom is -0.462 e. The highest BCUT2D eigenvalue weighted by atomic mass is 32.2. The number of hydrogen-bond donors (Lipinski definition) is 1. The van der Waals surface area contributed by atoms with Crippen LogP contribution in [0.2, 0.25) is 0 Å². The number of benzene rings is 3. The minimum absolute atomic E-state index is 0.0733. The number of esters is 1. The second kappa shape index (κ2) is 10.2. The molecule has 0 spiro atoms. The van der Waals surface area contributed by atoms with Crippen LogP contribution >= 0.6 is 0 Å². The van der Waals surface area contributed by atoms with Crippen molar-refractivity contribution in [2.24, 2.45) is 0 Å². The fraction of sp³-hybridized carbons (Fsp3) is 0.200. The average molecular weight is 452 g/mol. The quantitative estimate of drug-likeness (QED) is 0.489. The van der Waals surface area contributed by atoms with Crippen molar-refractivity contribution < 1.29 is 22.7 Å². The maximum absolute atomic E-state index is 12.7.